The van der Waals surface area contributed by atoms with Gasteiger partial charge in [-0.2, -0.15) is 0 Å². The van der Waals surface area contributed by atoms with Gasteiger partial charge in [-0.3, -0.25) is 0 Å². The summed E-state index contributed by atoms with van der Waals surface area (Å²) < 4.78 is 5.96. The van der Waals surface area contributed by atoms with Crippen molar-refractivity contribution in [2.24, 2.45) is 5.73 Å². The molecule has 3 rings (SSSR count). The second kappa shape index (κ2) is 5.51. The van der Waals surface area contributed by atoms with Gasteiger partial charge in [0.15, 0.2) is 0 Å². The largest absolute Gasteiger partial charge is 0.374 e. The molecule has 1 aromatic carbocycles. The summed E-state index contributed by atoms with van der Waals surface area (Å²) in [6.07, 6.45) is 5.53. The fourth-order valence-electron chi connectivity index (χ4n) is 3.55. The molecule has 2 unspecified atom stereocenters. The molecule has 0 radical (unpaired) electrons. The van der Waals surface area contributed by atoms with Gasteiger partial charge in [-0.05, 0) is 31.4 Å². The zero-order chi connectivity index (χ0) is 13.2. The van der Waals surface area contributed by atoms with Gasteiger partial charge in [0.1, 0.15) is 0 Å². The zero-order valence-corrected chi connectivity index (χ0v) is 11.8. The molecule has 1 aromatic rings. The number of benzene rings is 1. The molecule has 2 atom stereocenters. The Balaban J connectivity index is 1.91. The molecule has 1 saturated heterocycles. The molecule has 1 saturated carbocycles. The third kappa shape index (κ3) is 2.49. The van der Waals surface area contributed by atoms with Crippen molar-refractivity contribution >= 4 is 5.69 Å². The molecule has 1 aliphatic carbocycles. The van der Waals surface area contributed by atoms with E-state index < -0.39 is 0 Å². The van der Waals surface area contributed by atoms with E-state index in [2.05, 4.69) is 30.0 Å². The van der Waals surface area contributed by atoms with E-state index in [0.717, 1.165) is 13.2 Å². The number of nitrogens with zero attached hydrogens (tertiary/aromatic N) is 1. The Labute approximate surface area is 115 Å². The number of morpholine rings is 1. The van der Waals surface area contributed by atoms with Crippen LogP contribution in [0, 0.1) is 6.92 Å². The number of aryl methyl sites for hydroxylation is 1. The summed E-state index contributed by atoms with van der Waals surface area (Å²) in [4.78, 5) is 2.55. The van der Waals surface area contributed by atoms with Gasteiger partial charge in [-0.1, -0.05) is 30.5 Å². The average molecular weight is 260 g/mol. The van der Waals surface area contributed by atoms with Gasteiger partial charge in [0.05, 0.1) is 18.8 Å². The quantitative estimate of drug-likeness (QED) is 0.888. The standard InChI is InChI=1S/C16H24N2O/c1-12-6-7-14(13(10-12)11-17)18-8-9-19-16-5-3-2-4-15(16)18/h6-7,10,15-16H,2-5,8-9,11,17H2,1H3. The predicted octanol–water partition coefficient (Wildman–Crippen LogP) is 2.60. The van der Waals surface area contributed by atoms with Gasteiger partial charge in [0.25, 0.3) is 0 Å². The van der Waals surface area contributed by atoms with Crippen molar-refractivity contribution in [2.45, 2.75) is 51.3 Å². The van der Waals surface area contributed by atoms with E-state index >= 15 is 0 Å². The van der Waals surface area contributed by atoms with Gasteiger partial charge in [-0.25, -0.2) is 0 Å². The minimum absolute atomic E-state index is 0.425. The number of anilines is 1. The third-order valence-corrected chi connectivity index (χ3v) is 4.50. The van der Waals surface area contributed by atoms with Crippen molar-refractivity contribution in [3.8, 4) is 0 Å². The summed E-state index contributed by atoms with van der Waals surface area (Å²) >= 11 is 0. The summed E-state index contributed by atoms with van der Waals surface area (Å²) in [6.45, 7) is 4.59. The molecule has 19 heavy (non-hydrogen) atoms. The molecule has 0 bridgehead atoms. The van der Waals surface area contributed by atoms with Gasteiger partial charge in [0.2, 0.25) is 0 Å². The lowest BCUT2D eigenvalue weighted by atomic mass is 9.89. The topological polar surface area (TPSA) is 38.5 Å². The highest BCUT2D eigenvalue weighted by Crippen LogP contribution is 2.33. The zero-order valence-electron chi connectivity index (χ0n) is 11.8. The highest BCUT2D eigenvalue weighted by Gasteiger charge is 2.34. The Hall–Kier alpha value is -1.06. The van der Waals surface area contributed by atoms with Crippen LogP contribution in [0.3, 0.4) is 0 Å². The van der Waals surface area contributed by atoms with Crippen LogP contribution in [0.2, 0.25) is 0 Å². The van der Waals surface area contributed by atoms with Crippen molar-refractivity contribution in [3.63, 3.8) is 0 Å². The molecule has 1 aliphatic heterocycles. The van der Waals surface area contributed by atoms with Crippen molar-refractivity contribution < 1.29 is 4.74 Å². The highest BCUT2D eigenvalue weighted by molar-refractivity contribution is 5.56. The van der Waals surface area contributed by atoms with E-state index in [4.69, 9.17) is 10.5 Å². The van der Waals surface area contributed by atoms with E-state index in [1.165, 1.54) is 42.5 Å². The van der Waals surface area contributed by atoms with Crippen LogP contribution in [0.15, 0.2) is 18.2 Å². The summed E-state index contributed by atoms with van der Waals surface area (Å²) in [5, 5.41) is 0. The maximum absolute atomic E-state index is 5.96. The summed E-state index contributed by atoms with van der Waals surface area (Å²) in [5.41, 5.74) is 9.82. The Morgan fingerprint density at radius 3 is 3.00 bits per heavy atom. The molecule has 0 amide bonds. The van der Waals surface area contributed by atoms with E-state index in [0.29, 0.717) is 18.7 Å². The van der Waals surface area contributed by atoms with Crippen molar-refractivity contribution in [3.05, 3.63) is 29.3 Å². The lowest BCUT2D eigenvalue weighted by Gasteiger charge is -2.45. The van der Waals surface area contributed by atoms with Crippen LogP contribution in [0.1, 0.15) is 36.8 Å². The Bertz CT molecular complexity index is 444. The van der Waals surface area contributed by atoms with Gasteiger partial charge < -0.3 is 15.4 Å². The normalized spacial score (nSPS) is 27.2. The molecule has 2 aliphatic rings. The van der Waals surface area contributed by atoms with Gasteiger partial charge in [0, 0.05) is 18.8 Å². The summed E-state index contributed by atoms with van der Waals surface area (Å²) in [5.74, 6) is 0. The fourth-order valence-corrected chi connectivity index (χ4v) is 3.55. The number of ether oxygens (including phenoxy) is 1. The molecule has 1 heterocycles. The molecular weight excluding hydrogens is 236 g/mol. The van der Waals surface area contributed by atoms with Crippen LogP contribution in [0.25, 0.3) is 0 Å². The van der Waals surface area contributed by atoms with Crippen molar-refractivity contribution in [1.82, 2.24) is 0 Å². The van der Waals surface area contributed by atoms with Crippen molar-refractivity contribution in [2.75, 3.05) is 18.1 Å². The first-order valence-electron chi connectivity index (χ1n) is 7.47. The summed E-state index contributed by atoms with van der Waals surface area (Å²) in [7, 11) is 0. The number of fused-ring (bicyclic) bond motifs is 1. The first kappa shape index (κ1) is 12.9. The van der Waals surface area contributed by atoms with E-state index in [1.54, 1.807) is 0 Å². The van der Waals surface area contributed by atoms with Crippen LogP contribution in [-0.4, -0.2) is 25.3 Å². The monoisotopic (exact) mass is 260 g/mol. The van der Waals surface area contributed by atoms with Crippen molar-refractivity contribution in [1.29, 1.82) is 0 Å². The van der Waals surface area contributed by atoms with Crippen LogP contribution in [-0.2, 0) is 11.3 Å². The lowest BCUT2D eigenvalue weighted by molar-refractivity contribution is -0.00873. The predicted molar refractivity (Wildman–Crippen MR) is 78.4 cm³/mol. The van der Waals surface area contributed by atoms with Crippen LogP contribution in [0.5, 0.6) is 0 Å². The number of rotatable bonds is 2. The minimum atomic E-state index is 0.425. The van der Waals surface area contributed by atoms with E-state index in [-0.39, 0.29) is 0 Å². The first-order valence-corrected chi connectivity index (χ1v) is 7.47. The molecule has 2 fully saturated rings. The Kier molecular flexibility index (Phi) is 3.76. The lowest BCUT2D eigenvalue weighted by Crippen LogP contribution is -2.53. The maximum Gasteiger partial charge on any atom is 0.0779 e. The van der Waals surface area contributed by atoms with Gasteiger partial charge >= 0.3 is 0 Å². The Morgan fingerprint density at radius 1 is 1.32 bits per heavy atom. The molecule has 2 N–H and O–H groups in total. The fraction of sp³-hybridized carbons (Fsp3) is 0.625. The number of hydrogen-bond acceptors (Lipinski definition) is 3. The van der Waals surface area contributed by atoms with Crippen LogP contribution < -0.4 is 10.6 Å². The first-order chi connectivity index (χ1) is 9.29. The smallest absolute Gasteiger partial charge is 0.0779 e. The van der Waals surface area contributed by atoms with Gasteiger partial charge in [-0.15, -0.1) is 0 Å². The molecule has 3 heteroatoms. The second-order valence-electron chi connectivity index (χ2n) is 5.79. The second-order valence-corrected chi connectivity index (χ2v) is 5.79. The van der Waals surface area contributed by atoms with E-state index in [9.17, 15) is 0 Å². The molecule has 0 aromatic heterocycles. The number of nitrogens with two attached hydrogens (primary N) is 1. The maximum atomic E-state index is 5.96. The molecular formula is C16H24N2O. The molecule has 104 valence electrons. The minimum Gasteiger partial charge on any atom is -0.374 e. The number of hydrogen-bond donors (Lipinski definition) is 1. The summed E-state index contributed by atoms with van der Waals surface area (Å²) in [6, 6.07) is 7.22. The molecule has 3 nitrogen and oxygen atoms in total. The Morgan fingerprint density at radius 2 is 2.16 bits per heavy atom. The molecule has 0 spiro atoms. The SMILES string of the molecule is Cc1ccc(N2CCOC3CCCCC32)c(CN)c1. The van der Waals surface area contributed by atoms with Crippen LogP contribution in [0.4, 0.5) is 5.69 Å². The van der Waals surface area contributed by atoms with Crippen LogP contribution >= 0.6 is 0 Å². The highest BCUT2D eigenvalue weighted by atomic mass is 16.5. The average Bonchev–Trinajstić information content (AvgIpc) is 2.46. The van der Waals surface area contributed by atoms with E-state index in [1.807, 2.05) is 0 Å². The third-order valence-electron chi connectivity index (χ3n) is 4.50.